The lowest BCUT2D eigenvalue weighted by atomic mass is 10.2. The minimum absolute atomic E-state index is 0.0724. The minimum Gasteiger partial charge on any atom is -0.382 e. The monoisotopic (exact) mass is 522 g/mol. The lowest BCUT2D eigenvalue weighted by Gasteiger charge is -2.14. The Morgan fingerprint density at radius 3 is 1.22 bits per heavy atom. The van der Waals surface area contributed by atoms with Crippen LogP contribution in [0.1, 0.15) is 38.5 Å². The second kappa shape index (κ2) is 26.4. The number of amides is 4. The molecular weight excluding hydrogens is 472 g/mol. The van der Waals surface area contributed by atoms with Gasteiger partial charge < -0.3 is 49.7 Å². The number of ether oxygens (including phenoxy) is 6. The van der Waals surface area contributed by atoms with Crippen LogP contribution in [0.5, 0.6) is 0 Å². The molecule has 0 radical (unpaired) electrons. The predicted octanol–water partition coefficient (Wildman–Crippen LogP) is 1.28. The predicted molar refractivity (Wildman–Crippen MR) is 137 cm³/mol. The van der Waals surface area contributed by atoms with Crippen molar-refractivity contribution >= 4 is 12.1 Å². The Balaban J connectivity index is 3.40. The van der Waals surface area contributed by atoms with Gasteiger partial charge in [0.2, 0.25) is 0 Å². The highest BCUT2D eigenvalue weighted by Crippen LogP contribution is 1.98. The molecule has 0 aromatic heterocycles. The van der Waals surface area contributed by atoms with E-state index in [1.165, 1.54) is 0 Å². The first kappa shape index (κ1) is 34.3. The van der Waals surface area contributed by atoms with Gasteiger partial charge in [0.15, 0.2) is 0 Å². The maximum Gasteiger partial charge on any atom is 0.314 e. The van der Waals surface area contributed by atoms with Crippen molar-refractivity contribution in [3.63, 3.8) is 0 Å². The fraction of sp³-hybridized carbons (Fsp3) is 0.917. The molecular formula is C24H50N4O8. The normalized spacial score (nSPS) is 12.7. The Morgan fingerprint density at radius 2 is 0.889 bits per heavy atom. The van der Waals surface area contributed by atoms with E-state index in [9.17, 15) is 9.59 Å². The van der Waals surface area contributed by atoms with E-state index in [1.54, 1.807) is 28.4 Å². The van der Waals surface area contributed by atoms with Gasteiger partial charge in [0.05, 0.1) is 26.4 Å². The second-order valence-corrected chi connectivity index (χ2v) is 8.26. The molecule has 0 rings (SSSR count). The van der Waals surface area contributed by atoms with Crippen molar-refractivity contribution in [1.29, 1.82) is 0 Å². The van der Waals surface area contributed by atoms with Gasteiger partial charge in [0.25, 0.3) is 0 Å². The number of carbonyl (C=O) groups excluding carboxylic acids is 2. The van der Waals surface area contributed by atoms with Gasteiger partial charge in [-0.2, -0.15) is 0 Å². The zero-order chi connectivity index (χ0) is 26.7. The number of rotatable bonds is 25. The number of urea groups is 2. The number of nitrogens with one attached hydrogen (secondary N) is 4. The lowest BCUT2D eigenvalue weighted by Crippen LogP contribution is -2.37. The molecule has 12 heteroatoms. The highest BCUT2D eigenvalue weighted by molar-refractivity contribution is 5.74. The van der Waals surface area contributed by atoms with Crippen molar-refractivity contribution in [2.45, 2.75) is 50.7 Å². The van der Waals surface area contributed by atoms with Crippen molar-refractivity contribution in [3.8, 4) is 0 Å². The van der Waals surface area contributed by atoms with E-state index in [4.69, 9.17) is 28.4 Å². The zero-order valence-electron chi connectivity index (χ0n) is 22.7. The lowest BCUT2D eigenvalue weighted by molar-refractivity contribution is -0.0304. The second-order valence-electron chi connectivity index (χ2n) is 8.26. The number of carbonyl (C=O) groups is 2. The third-order valence-corrected chi connectivity index (χ3v) is 5.16. The van der Waals surface area contributed by atoms with E-state index in [2.05, 4.69) is 21.3 Å². The van der Waals surface area contributed by atoms with Crippen LogP contribution < -0.4 is 21.3 Å². The van der Waals surface area contributed by atoms with Crippen LogP contribution in [0.2, 0.25) is 0 Å². The molecule has 0 spiro atoms. The van der Waals surface area contributed by atoms with Gasteiger partial charge in [-0.3, -0.25) is 0 Å². The summed E-state index contributed by atoms with van der Waals surface area (Å²) in [6.45, 7) is 5.39. The third kappa shape index (κ3) is 22.7. The fourth-order valence-electron chi connectivity index (χ4n) is 3.05. The van der Waals surface area contributed by atoms with E-state index in [0.29, 0.717) is 65.8 Å². The van der Waals surface area contributed by atoms with Gasteiger partial charge in [-0.25, -0.2) is 9.59 Å². The van der Waals surface area contributed by atoms with Crippen LogP contribution in [0.25, 0.3) is 0 Å². The van der Waals surface area contributed by atoms with E-state index < -0.39 is 0 Å². The first-order valence-electron chi connectivity index (χ1n) is 12.8. The van der Waals surface area contributed by atoms with Gasteiger partial charge in [-0.15, -0.1) is 0 Å². The number of hydrogen-bond donors (Lipinski definition) is 4. The van der Waals surface area contributed by atoms with Crippen molar-refractivity contribution in [3.05, 3.63) is 0 Å². The van der Waals surface area contributed by atoms with Crippen LogP contribution in [-0.2, 0) is 28.4 Å². The van der Waals surface area contributed by atoms with E-state index in [-0.39, 0.29) is 24.3 Å². The summed E-state index contributed by atoms with van der Waals surface area (Å²) in [6, 6.07) is -0.331. The molecule has 0 aromatic carbocycles. The summed E-state index contributed by atoms with van der Waals surface area (Å²) in [5.74, 6) is 0. The van der Waals surface area contributed by atoms with Crippen molar-refractivity contribution in [2.75, 3.05) is 94.3 Å². The van der Waals surface area contributed by atoms with Crippen molar-refractivity contribution in [2.24, 2.45) is 0 Å². The summed E-state index contributed by atoms with van der Waals surface area (Å²) in [5.41, 5.74) is 0. The molecule has 0 aromatic rings. The molecule has 4 amide bonds. The molecule has 0 bridgehead atoms. The van der Waals surface area contributed by atoms with Gasteiger partial charge >= 0.3 is 12.1 Å². The van der Waals surface area contributed by atoms with Gasteiger partial charge in [0, 0.05) is 67.8 Å². The average molecular weight is 523 g/mol. The summed E-state index contributed by atoms with van der Waals surface area (Å²) in [6.07, 6.45) is 5.09. The highest BCUT2D eigenvalue weighted by atomic mass is 16.6. The molecule has 0 aliphatic carbocycles. The number of unbranched alkanes of at least 4 members (excludes halogenated alkanes) is 3. The molecule has 0 saturated heterocycles. The average Bonchev–Trinajstić information content (AvgIpc) is 2.88. The largest absolute Gasteiger partial charge is 0.382 e. The maximum absolute atomic E-state index is 11.8. The van der Waals surface area contributed by atoms with E-state index >= 15 is 0 Å². The molecule has 0 heterocycles. The quantitative estimate of drug-likeness (QED) is 0.132. The minimum atomic E-state index is -0.165. The van der Waals surface area contributed by atoms with Crippen LogP contribution in [-0.4, -0.2) is 119 Å². The summed E-state index contributed by atoms with van der Waals surface area (Å²) < 4.78 is 31.5. The van der Waals surface area contributed by atoms with Crippen molar-refractivity contribution < 1.29 is 38.0 Å². The molecule has 0 aliphatic rings. The fourth-order valence-corrected chi connectivity index (χ4v) is 3.05. The Bertz CT molecular complexity index is 473. The van der Waals surface area contributed by atoms with Crippen LogP contribution in [0.15, 0.2) is 0 Å². The first-order valence-corrected chi connectivity index (χ1v) is 12.8. The Morgan fingerprint density at radius 1 is 0.528 bits per heavy atom. The van der Waals surface area contributed by atoms with E-state index in [1.807, 2.05) is 0 Å². The van der Waals surface area contributed by atoms with Crippen molar-refractivity contribution in [1.82, 2.24) is 21.3 Å². The van der Waals surface area contributed by atoms with Gasteiger partial charge in [-0.05, 0) is 25.7 Å². The molecule has 0 saturated carbocycles. The Labute approximate surface area is 216 Å². The maximum atomic E-state index is 11.8. The molecule has 0 unspecified atom stereocenters. The molecule has 0 fully saturated rings. The summed E-state index contributed by atoms with van der Waals surface area (Å²) in [7, 11) is 6.50. The van der Waals surface area contributed by atoms with Crippen LogP contribution in [0.4, 0.5) is 9.59 Å². The molecule has 0 aliphatic heterocycles. The van der Waals surface area contributed by atoms with Crippen LogP contribution >= 0.6 is 0 Å². The first-order chi connectivity index (χ1) is 17.6. The molecule has 36 heavy (non-hydrogen) atoms. The van der Waals surface area contributed by atoms with E-state index in [0.717, 1.165) is 38.5 Å². The highest BCUT2D eigenvalue weighted by Gasteiger charge is 2.07. The SMILES string of the molecule is COC[C@@H](COCCCNC(=O)NCCCCCCNC(=O)NCCCOC[C@H](COC)OC)OC. The Kier molecular flexibility index (Phi) is 25.1. The summed E-state index contributed by atoms with van der Waals surface area (Å²) in [5, 5.41) is 11.3. The topological polar surface area (TPSA) is 138 Å². The zero-order valence-corrected chi connectivity index (χ0v) is 22.7. The van der Waals surface area contributed by atoms with Crippen LogP contribution in [0, 0.1) is 0 Å². The molecule has 12 nitrogen and oxygen atoms in total. The number of hydrogen-bond acceptors (Lipinski definition) is 8. The van der Waals surface area contributed by atoms with Gasteiger partial charge in [-0.1, -0.05) is 12.8 Å². The summed E-state index contributed by atoms with van der Waals surface area (Å²) >= 11 is 0. The molecule has 2 atom stereocenters. The smallest absolute Gasteiger partial charge is 0.314 e. The van der Waals surface area contributed by atoms with Gasteiger partial charge in [0.1, 0.15) is 12.2 Å². The molecule has 214 valence electrons. The molecule has 4 N–H and O–H groups in total. The van der Waals surface area contributed by atoms with Crippen LogP contribution in [0.3, 0.4) is 0 Å². The number of methoxy groups -OCH3 is 4. The summed E-state index contributed by atoms with van der Waals surface area (Å²) in [4.78, 5) is 23.5. The Hall–Kier alpha value is -1.70. The third-order valence-electron chi connectivity index (χ3n) is 5.16. The standard InChI is InChI=1S/C24H50N4O8/c1-31-17-21(33-3)19-35-15-9-13-27-23(29)25-11-7-5-6-8-12-26-24(30)28-14-10-16-36-20-22(34-4)18-32-2/h21-22H,5-20H2,1-4H3,(H2,25,27,29)(H2,26,28,30)/t21-,22-/m0/s1.